The van der Waals surface area contributed by atoms with Crippen LogP contribution in [0.3, 0.4) is 0 Å². The van der Waals surface area contributed by atoms with E-state index < -0.39 is 41.0 Å². The molecule has 14 heteroatoms. The molecule has 3 amide bonds. The van der Waals surface area contributed by atoms with Gasteiger partial charge in [0.25, 0.3) is 5.91 Å². The van der Waals surface area contributed by atoms with Crippen molar-refractivity contribution in [2.24, 2.45) is 5.16 Å². The Hall–Kier alpha value is -3.00. The molecule has 3 rings (SSSR count). The van der Waals surface area contributed by atoms with Crippen LogP contribution in [0.4, 0.5) is 5.13 Å². The molecule has 0 radical (unpaired) electrons. The van der Waals surface area contributed by atoms with Gasteiger partial charge in [0.05, 0.1) is 11.4 Å². The number of nitrogens with zero attached hydrogens (tertiary/aromatic N) is 3. The average molecular weight is 427 g/mol. The number of thioether (sulfide) groups is 1. The van der Waals surface area contributed by atoms with E-state index in [-0.39, 0.29) is 12.4 Å². The van der Waals surface area contributed by atoms with Crippen LogP contribution in [0.5, 0.6) is 0 Å². The van der Waals surface area contributed by atoms with Crippen molar-refractivity contribution in [2.75, 3.05) is 11.1 Å². The van der Waals surface area contributed by atoms with Gasteiger partial charge in [-0.05, 0) is 0 Å². The number of ketones is 1. The molecule has 2 aliphatic rings. The molecule has 2 aliphatic heterocycles. The van der Waals surface area contributed by atoms with Crippen LogP contribution >= 0.6 is 23.1 Å². The Kier molecular flexibility index (Phi) is 5.89. The largest absolute Gasteiger partial charge is 0.479 e. The number of anilines is 1. The molecule has 12 nitrogen and oxygen atoms in total. The monoisotopic (exact) mass is 427 g/mol. The second-order valence-corrected chi connectivity index (χ2v) is 7.52. The zero-order valence-corrected chi connectivity index (χ0v) is 15.6. The number of Topliss-reactive ketones (excluding diaryl/α,β-unsaturated/α-hetero) is 1. The maximum absolute atomic E-state index is 12.1. The predicted octanol–water partition coefficient (Wildman–Crippen LogP) is -1.36. The lowest BCUT2D eigenvalue weighted by Gasteiger charge is -2.50. The number of carboxylic acids is 1. The first kappa shape index (κ1) is 19.8. The molecule has 3 N–H and O–H groups in total. The molecule has 2 unspecified atom stereocenters. The highest BCUT2D eigenvalue weighted by atomic mass is 32.2. The number of hydrogen-bond donors (Lipinski definition) is 3. The number of carbonyl (C=O) groups is 5. The first-order chi connectivity index (χ1) is 13.4. The minimum atomic E-state index is -1.51. The number of β-lactam (4-membered cyclic amide) rings is 1. The van der Waals surface area contributed by atoms with E-state index in [4.69, 9.17) is 9.94 Å². The van der Waals surface area contributed by atoms with E-state index in [1.54, 1.807) is 5.38 Å². The molecule has 3 heterocycles. The van der Waals surface area contributed by atoms with Crippen LogP contribution in [-0.4, -0.2) is 74.4 Å². The third kappa shape index (κ3) is 3.96. The lowest BCUT2D eigenvalue weighted by atomic mass is 10.0. The summed E-state index contributed by atoms with van der Waals surface area (Å²) in [6.07, 6.45) is 1.33. The SMILES string of the molecule is O=CNc1nc(CON=CC(=O)NC2C(=O)N3C(C(=O)O)C(=O)CS[C@@H]23)cs1. The molecule has 3 atom stereocenters. The summed E-state index contributed by atoms with van der Waals surface area (Å²) in [5.74, 6) is -3.35. The Morgan fingerprint density at radius 1 is 1.46 bits per heavy atom. The van der Waals surface area contributed by atoms with Gasteiger partial charge in [0.2, 0.25) is 12.3 Å². The molecule has 0 aromatic carbocycles. The van der Waals surface area contributed by atoms with Gasteiger partial charge >= 0.3 is 5.97 Å². The minimum absolute atomic E-state index is 0.0299. The Balaban J connectivity index is 1.48. The number of rotatable bonds is 8. The number of hydrogen-bond acceptors (Lipinski definition) is 10. The van der Waals surface area contributed by atoms with E-state index in [0.29, 0.717) is 17.2 Å². The van der Waals surface area contributed by atoms with Crippen molar-refractivity contribution >= 4 is 64.4 Å². The second-order valence-electron chi connectivity index (χ2n) is 5.55. The van der Waals surface area contributed by atoms with E-state index in [9.17, 15) is 24.0 Å². The smallest absolute Gasteiger partial charge is 0.334 e. The van der Waals surface area contributed by atoms with Crippen LogP contribution in [0, 0.1) is 0 Å². The summed E-state index contributed by atoms with van der Waals surface area (Å²) in [6, 6.07) is -2.45. The fourth-order valence-electron chi connectivity index (χ4n) is 2.60. The predicted molar refractivity (Wildman–Crippen MR) is 96.5 cm³/mol. The van der Waals surface area contributed by atoms with Crippen LogP contribution in [0.15, 0.2) is 10.5 Å². The Bertz CT molecular complexity index is 857. The number of carbonyl (C=O) groups excluding carboxylic acids is 4. The standard InChI is InChI=1S/C14H13N5O7S2/c20-5-15-14-17-6(3-28-14)2-26-16-1-8(22)18-9-11(23)19-10(13(24)25)7(21)4-27-12(9)19/h1,3,5,9-10,12H,2,4H2,(H,18,22)(H,24,25)(H,15,17,20)/t9?,10?,12-/m0/s1. The fraction of sp³-hybridized carbons (Fsp3) is 0.357. The number of fused-ring (bicyclic) bond motifs is 1. The molecule has 148 valence electrons. The topological polar surface area (TPSA) is 167 Å². The van der Waals surface area contributed by atoms with Crippen molar-refractivity contribution in [3.8, 4) is 0 Å². The Labute approximate surface area is 165 Å². The van der Waals surface area contributed by atoms with Crippen LogP contribution in [-0.2, 0) is 35.4 Å². The number of aliphatic carboxylic acids is 1. The van der Waals surface area contributed by atoms with Gasteiger partial charge in [0.15, 0.2) is 23.6 Å². The molecule has 1 aromatic heterocycles. The first-order valence-corrected chi connectivity index (χ1v) is 9.65. The normalized spacial score (nSPS) is 23.7. The highest BCUT2D eigenvalue weighted by Crippen LogP contribution is 2.36. The fourth-order valence-corrected chi connectivity index (χ4v) is 4.51. The van der Waals surface area contributed by atoms with Crippen molar-refractivity contribution < 1.29 is 33.9 Å². The summed E-state index contributed by atoms with van der Waals surface area (Å²) >= 11 is 2.29. The summed E-state index contributed by atoms with van der Waals surface area (Å²) in [4.78, 5) is 67.1. The van der Waals surface area contributed by atoms with Gasteiger partial charge in [-0.15, -0.1) is 23.1 Å². The van der Waals surface area contributed by atoms with Crippen molar-refractivity contribution in [3.63, 3.8) is 0 Å². The van der Waals surface area contributed by atoms with Crippen LogP contribution in [0.2, 0.25) is 0 Å². The molecule has 28 heavy (non-hydrogen) atoms. The van der Waals surface area contributed by atoms with E-state index >= 15 is 0 Å². The molecular formula is C14H13N5O7S2. The number of nitrogens with one attached hydrogen (secondary N) is 2. The maximum atomic E-state index is 12.1. The van der Waals surface area contributed by atoms with E-state index in [0.717, 1.165) is 22.9 Å². The second kappa shape index (κ2) is 8.35. The lowest BCUT2D eigenvalue weighted by molar-refractivity contribution is -0.165. The number of amides is 3. The maximum Gasteiger partial charge on any atom is 0.334 e. The van der Waals surface area contributed by atoms with Gasteiger partial charge < -0.3 is 25.5 Å². The lowest BCUT2D eigenvalue weighted by Crippen LogP contribution is -2.76. The molecule has 0 bridgehead atoms. The van der Waals surface area contributed by atoms with Gasteiger partial charge in [0.1, 0.15) is 17.6 Å². The number of oxime groups is 1. The Morgan fingerprint density at radius 2 is 2.25 bits per heavy atom. The molecular weight excluding hydrogens is 414 g/mol. The Morgan fingerprint density at radius 3 is 2.96 bits per heavy atom. The first-order valence-electron chi connectivity index (χ1n) is 7.72. The van der Waals surface area contributed by atoms with E-state index in [1.165, 1.54) is 11.3 Å². The van der Waals surface area contributed by atoms with Crippen molar-refractivity contribution in [3.05, 3.63) is 11.1 Å². The van der Waals surface area contributed by atoms with Gasteiger partial charge in [-0.25, -0.2) is 9.78 Å². The van der Waals surface area contributed by atoms with Crippen molar-refractivity contribution in [1.82, 2.24) is 15.2 Å². The number of thiazole rings is 1. The summed E-state index contributed by atoms with van der Waals surface area (Å²) in [6.45, 7) is -0.0299. The van der Waals surface area contributed by atoms with Crippen LogP contribution in [0.1, 0.15) is 5.69 Å². The summed E-state index contributed by atoms with van der Waals surface area (Å²) < 4.78 is 0. The molecule has 2 saturated heterocycles. The third-order valence-electron chi connectivity index (χ3n) is 3.78. The molecule has 1 aromatic rings. The highest BCUT2D eigenvalue weighted by Gasteiger charge is 2.57. The van der Waals surface area contributed by atoms with E-state index in [2.05, 4.69) is 20.8 Å². The van der Waals surface area contributed by atoms with Crippen molar-refractivity contribution in [1.29, 1.82) is 0 Å². The van der Waals surface area contributed by atoms with Gasteiger partial charge in [0, 0.05) is 5.38 Å². The quantitative estimate of drug-likeness (QED) is 0.149. The van der Waals surface area contributed by atoms with Gasteiger partial charge in [-0.2, -0.15) is 0 Å². The zero-order chi connectivity index (χ0) is 20.3. The average Bonchev–Trinajstić information content (AvgIpc) is 3.10. The number of aromatic nitrogens is 1. The molecule has 0 aliphatic carbocycles. The summed E-state index contributed by atoms with van der Waals surface area (Å²) in [5, 5.41) is 18.8. The highest BCUT2D eigenvalue weighted by molar-refractivity contribution is 8.00. The third-order valence-corrected chi connectivity index (χ3v) is 5.90. The van der Waals surface area contributed by atoms with Crippen LogP contribution in [0.25, 0.3) is 0 Å². The molecule has 2 fully saturated rings. The van der Waals surface area contributed by atoms with Crippen LogP contribution < -0.4 is 10.6 Å². The summed E-state index contributed by atoms with van der Waals surface area (Å²) in [5.41, 5.74) is 0.500. The van der Waals surface area contributed by atoms with Gasteiger partial charge in [-0.1, -0.05) is 5.16 Å². The van der Waals surface area contributed by atoms with E-state index in [1.807, 2.05) is 0 Å². The summed E-state index contributed by atoms with van der Waals surface area (Å²) in [7, 11) is 0. The van der Waals surface area contributed by atoms with Crippen molar-refractivity contribution in [2.45, 2.75) is 24.1 Å². The minimum Gasteiger partial charge on any atom is -0.479 e. The van der Waals surface area contributed by atoms with Gasteiger partial charge in [-0.3, -0.25) is 19.2 Å². The molecule has 0 saturated carbocycles. The molecule has 0 spiro atoms. The number of carboxylic acid groups (broad SMARTS) is 1. The zero-order valence-electron chi connectivity index (χ0n) is 13.9.